The van der Waals surface area contributed by atoms with E-state index in [9.17, 15) is 4.79 Å². The van der Waals surface area contributed by atoms with Crippen LogP contribution in [-0.4, -0.2) is 36.7 Å². The van der Waals surface area contributed by atoms with Gasteiger partial charge in [0.05, 0.1) is 6.04 Å². The molecule has 0 saturated carbocycles. The number of hydrogen-bond acceptors (Lipinski definition) is 2. The van der Waals surface area contributed by atoms with Gasteiger partial charge in [0.25, 0.3) is 0 Å². The average Bonchev–Trinajstić information content (AvgIpc) is 2.49. The summed E-state index contributed by atoms with van der Waals surface area (Å²) in [5.41, 5.74) is 0.940. The highest BCUT2D eigenvalue weighted by atomic mass is 35.5. The highest BCUT2D eigenvalue weighted by Gasteiger charge is 2.25. The molecule has 1 saturated heterocycles. The Morgan fingerprint density at radius 3 is 2.71 bits per heavy atom. The van der Waals surface area contributed by atoms with E-state index in [1.807, 2.05) is 43.0 Å². The van der Waals surface area contributed by atoms with E-state index < -0.39 is 0 Å². The zero-order valence-electron chi connectivity index (χ0n) is 12.6. The number of rotatable bonds is 4. The molecule has 4 nitrogen and oxygen atoms in total. The van der Waals surface area contributed by atoms with Crippen LogP contribution < -0.4 is 5.32 Å². The van der Waals surface area contributed by atoms with Crippen LogP contribution >= 0.6 is 11.6 Å². The van der Waals surface area contributed by atoms with Crippen LogP contribution in [-0.2, 0) is 4.74 Å². The molecular weight excluding hydrogens is 288 g/mol. The van der Waals surface area contributed by atoms with Crippen molar-refractivity contribution < 1.29 is 9.53 Å². The highest BCUT2D eigenvalue weighted by molar-refractivity contribution is 6.31. The molecule has 1 aliphatic heterocycles. The maximum absolute atomic E-state index is 12.5. The summed E-state index contributed by atoms with van der Waals surface area (Å²) in [5, 5.41) is 3.73. The number of halogens is 1. The number of ether oxygens (including phenoxy) is 1. The Morgan fingerprint density at radius 2 is 2.10 bits per heavy atom. The van der Waals surface area contributed by atoms with Gasteiger partial charge in [-0.25, -0.2) is 4.79 Å². The lowest BCUT2D eigenvalue weighted by atomic mass is 10.1. The van der Waals surface area contributed by atoms with Gasteiger partial charge >= 0.3 is 6.03 Å². The van der Waals surface area contributed by atoms with Crippen molar-refractivity contribution in [3.05, 3.63) is 34.9 Å². The monoisotopic (exact) mass is 310 g/mol. The summed E-state index contributed by atoms with van der Waals surface area (Å²) >= 11 is 6.18. The second-order valence-electron chi connectivity index (χ2n) is 5.32. The molecule has 1 atom stereocenters. The number of nitrogens with zero attached hydrogens (tertiary/aromatic N) is 1. The van der Waals surface area contributed by atoms with E-state index >= 15 is 0 Å². The summed E-state index contributed by atoms with van der Waals surface area (Å²) in [4.78, 5) is 14.4. The predicted molar refractivity (Wildman–Crippen MR) is 84.6 cm³/mol. The maximum atomic E-state index is 12.5. The molecule has 5 heteroatoms. The summed E-state index contributed by atoms with van der Waals surface area (Å²) in [6.45, 7) is 6.13. The summed E-state index contributed by atoms with van der Waals surface area (Å²) in [6, 6.07) is 7.73. The molecule has 1 fully saturated rings. The van der Waals surface area contributed by atoms with Gasteiger partial charge in [-0.3, -0.25) is 0 Å². The predicted octanol–water partition coefficient (Wildman–Crippen LogP) is 3.61. The largest absolute Gasteiger partial charge is 0.381 e. The van der Waals surface area contributed by atoms with Crippen LogP contribution in [0.25, 0.3) is 0 Å². The first kappa shape index (κ1) is 16.1. The number of carbonyl (C=O) groups excluding carboxylic acids is 1. The third-order valence-electron chi connectivity index (χ3n) is 3.94. The van der Waals surface area contributed by atoms with E-state index in [0.29, 0.717) is 11.6 Å². The molecule has 21 heavy (non-hydrogen) atoms. The van der Waals surface area contributed by atoms with Crippen molar-refractivity contribution in [2.45, 2.75) is 38.8 Å². The second-order valence-corrected chi connectivity index (χ2v) is 5.73. The van der Waals surface area contributed by atoms with Crippen molar-refractivity contribution in [2.24, 2.45) is 0 Å². The van der Waals surface area contributed by atoms with E-state index in [-0.39, 0.29) is 18.1 Å². The SMILES string of the molecule is CCN(C(=O)N[C@@H](C)c1ccccc1Cl)C1CCOCC1. The summed E-state index contributed by atoms with van der Waals surface area (Å²) < 4.78 is 5.36. The maximum Gasteiger partial charge on any atom is 0.318 e. The Kier molecular flexibility index (Phi) is 5.88. The van der Waals surface area contributed by atoms with Crippen molar-refractivity contribution in [3.63, 3.8) is 0 Å². The van der Waals surface area contributed by atoms with Crippen LogP contribution in [0.3, 0.4) is 0 Å². The van der Waals surface area contributed by atoms with Crippen molar-refractivity contribution in [3.8, 4) is 0 Å². The summed E-state index contributed by atoms with van der Waals surface area (Å²) in [5.74, 6) is 0. The first-order valence-electron chi connectivity index (χ1n) is 7.52. The van der Waals surface area contributed by atoms with Gasteiger partial charge < -0.3 is 15.0 Å². The first-order chi connectivity index (χ1) is 10.1. The molecule has 0 spiro atoms. The number of urea groups is 1. The van der Waals surface area contributed by atoms with E-state index in [1.54, 1.807) is 0 Å². The van der Waals surface area contributed by atoms with Crippen LogP contribution in [0, 0.1) is 0 Å². The van der Waals surface area contributed by atoms with Gasteiger partial charge in [0.15, 0.2) is 0 Å². The molecule has 0 aromatic heterocycles. The second kappa shape index (κ2) is 7.66. The van der Waals surface area contributed by atoms with Crippen LogP contribution in [0.2, 0.25) is 5.02 Å². The fraction of sp³-hybridized carbons (Fsp3) is 0.562. The fourth-order valence-corrected chi connectivity index (χ4v) is 3.04. The van der Waals surface area contributed by atoms with E-state index in [1.165, 1.54) is 0 Å². The third-order valence-corrected chi connectivity index (χ3v) is 4.29. The van der Waals surface area contributed by atoms with E-state index in [2.05, 4.69) is 5.32 Å². The molecular formula is C16H23ClN2O2. The molecule has 0 aliphatic carbocycles. The topological polar surface area (TPSA) is 41.6 Å². The zero-order valence-corrected chi connectivity index (χ0v) is 13.4. The smallest absolute Gasteiger partial charge is 0.318 e. The number of benzene rings is 1. The van der Waals surface area contributed by atoms with Gasteiger partial charge in [0.2, 0.25) is 0 Å². The van der Waals surface area contributed by atoms with Crippen LogP contribution in [0.5, 0.6) is 0 Å². The molecule has 1 aromatic rings. The molecule has 1 N–H and O–H groups in total. The molecule has 0 bridgehead atoms. The van der Waals surface area contributed by atoms with Crippen LogP contribution in [0.4, 0.5) is 4.79 Å². The van der Waals surface area contributed by atoms with Gasteiger partial charge in [0, 0.05) is 30.8 Å². The first-order valence-corrected chi connectivity index (χ1v) is 7.90. The quantitative estimate of drug-likeness (QED) is 0.923. The summed E-state index contributed by atoms with van der Waals surface area (Å²) in [7, 11) is 0. The minimum atomic E-state index is -0.111. The lowest BCUT2D eigenvalue weighted by Gasteiger charge is -2.34. The lowest BCUT2D eigenvalue weighted by molar-refractivity contribution is 0.0469. The van der Waals surface area contributed by atoms with E-state index in [0.717, 1.165) is 31.6 Å². The molecule has 116 valence electrons. The molecule has 0 radical (unpaired) electrons. The van der Waals surface area contributed by atoms with Crippen LogP contribution in [0.1, 0.15) is 38.3 Å². The summed E-state index contributed by atoms with van der Waals surface area (Å²) in [6.07, 6.45) is 1.81. The Morgan fingerprint density at radius 1 is 1.43 bits per heavy atom. The molecule has 1 aliphatic rings. The Hall–Kier alpha value is -1.26. The molecule has 1 aromatic carbocycles. The normalized spacial score (nSPS) is 17.3. The number of nitrogens with one attached hydrogen (secondary N) is 1. The molecule has 2 amide bonds. The van der Waals surface area contributed by atoms with Gasteiger partial charge in [-0.05, 0) is 38.3 Å². The third kappa shape index (κ3) is 4.11. The molecule has 2 rings (SSSR count). The number of amides is 2. The van der Waals surface area contributed by atoms with Crippen molar-refractivity contribution in [2.75, 3.05) is 19.8 Å². The van der Waals surface area contributed by atoms with Gasteiger partial charge in [-0.15, -0.1) is 0 Å². The van der Waals surface area contributed by atoms with Gasteiger partial charge in [0.1, 0.15) is 0 Å². The standard InChI is InChI=1S/C16H23ClN2O2/c1-3-19(13-8-10-21-11-9-13)16(20)18-12(2)14-6-4-5-7-15(14)17/h4-7,12-13H,3,8-11H2,1-2H3,(H,18,20)/t12-/m0/s1. The number of hydrogen-bond donors (Lipinski definition) is 1. The number of carbonyl (C=O) groups is 1. The fourth-order valence-electron chi connectivity index (χ4n) is 2.74. The minimum absolute atomic E-state index is 0.0307. The Balaban J connectivity index is 2.00. The Labute approximate surface area is 131 Å². The van der Waals surface area contributed by atoms with Gasteiger partial charge in [-0.1, -0.05) is 29.8 Å². The van der Waals surface area contributed by atoms with Crippen LogP contribution in [0.15, 0.2) is 24.3 Å². The van der Waals surface area contributed by atoms with Crippen molar-refractivity contribution in [1.29, 1.82) is 0 Å². The van der Waals surface area contributed by atoms with E-state index in [4.69, 9.17) is 16.3 Å². The average molecular weight is 311 g/mol. The Bertz CT molecular complexity index is 475. The van der Waals surface area contributed by atoms with Gasteiger partial charge in [-0.2, -0.15) is 0 Å². The molecule has 1 heterocycles. The highest BCUT2D eigenvalue weighted by Crippen LogP contribution is 2.23. The lowest BCUT2D eigenvalue weighted by Crippen LogP contribution is -2.48. The minimum Gasteiger partial charge on any atom is -0.381 e. The zero-order chi connectivity index (χ0) is 15.2. The molecule has 0 unspecified atom stereocenters. The van der Waals surface area contributed by atoms with Crippen molar-refractivity contribution in [1.82, 2.24) is 10.2 Å². The van der Waals surface area contributed by atoms with Crippen molar-refractivity contribution >= 4 is 17.6 Å².